The molecule has 31 heavy (non-hydrogen) atoms. The zero-order valence-corrected chi connectivity index (χ0v) is 18.1. The third-order valence-electron chi connectivity index (χ3n) is 5.71. The van der Waals surface area contributed by atoms with E-state index in [1.807, 2.05) is 75.4 Å². The van der Waals surface area contributed by atoms with Crippen molar-refractivity contribution in [3.63, 3.8) is 0 Å². The Morgan fingerprint density at radius 2 is 1.16 bits per heavy atom. The maximum atomic E-state index is 10.3. The van der Waals surface area contributed by atoms with Crippen LogP contribution in [0, 0.1) is 27.7 Å². The lowest BCUT2D eigenvalue weighted by Crippen LogP contribution is -1.83. The van der Waals surface area contributed by atoms with Crippen molar-refractivity contribution >= 4 is 33.5 Å². The SMILES string of the molecule is Cc1cccc(/N=N/c2ccc(/N=N/c3c(O)ccc4ccccc34)c(C)c2C)c1C. The van der Waals surface area contributed by atoms with E-state index in [1.54, 1.807) is 6.07 Å². The molecule has 5 nitrogen and oxygen atoms in total. The van der Waals surface area contributed by atoms with Gasteiger partial charge in [0.05, 0.1) is 17.1 Å². The number of fused-ring (bicyclic) bond motifs is 1. The highest BCUT2D eigenvalue weighted by Crippen LogP contribution is 2.37. The van der Waals surface area contributed by atoms with Crippen LogP contribution in [0.4, 0.5) is 22.7 Å². The van der Waals surface area contributed by atoms with Gasteiger partial charge in [-0.25, -0.2) is 0 Å². The van der Waals surface area contributed by atoms with Gasteiger partial charge in [-0.15, -0.1) is 5.11 Å². The summed E-state index contributed by atoms with van der Waals surface area (Å²) in [6.45, 7) is 8.11. The number of aryl methyl sites for hydroxylation is 1. The second kappa shape index (κ2) is 8.48. The molecule has 1 N–H and O–H groups in total. The van der Waals surface area contributed by atoms with Crippen LogP contribution in [0.3, 0.4) is 0 Å². The normalized spacial score (nSPS) is 11.7. The van der Waals surface area contributed by atoms with Crippen molar-refractivity contribution in [2.24, 2.45) is 20.5 Å². The van der Waals surface area contributed by atoms with E-state index in [0.29, 0.717) is 5.69 Å². The number of rotatable bonds is 4. The molecule has 0 aliphatic carbocycles. The van der Waals surface area contributed by atoms with Crippen LogP contribution in [0.2, 0.25) is 0 Å². The summed E-state index contributed by atoms with van der Waals surface area (Å²) in [5, 5.41) is 29.9. The minimum absolute atomic E-state index is 0.107. The van der Waals surface area contributed by atoms with Gasteiger partial charge in [0.1, 0.15) is 11.4 Å². The fraction of sp³-hybridized carbons (Fsp3) is 0.154. The van der Waals surface area contributed by atoms with Gasteiger partial charge in [0, 0.05) is 5.39 Å². The van der Waals surface area contributed by atoms with Crippen molar-refractivity contribution in [3.8, 4) is 5.75 Å². The number of aromatic hydroxyl groups is 1. The fourth-order valence-electron chi connectivity index (χ4n) is 3.41. The first-order valence-electron chi connectivity index (χ1n) is 10.2. The highest BCUT2D eigenvalue weighted by Gasteiger charge is 2.09. The molecule has 0 radical (unpaired) electrons. The first kappa shape index (κ1) is 20.4. The van der Waals surface area contributed by atoms with Gasteiger partial charge in [-0.1, -0.05) is 42.5 Å². The Labute approximate surface area is 181 Å². The number of phenols is 1. The molecule has 5 heteroatoms. The van der Waals surface area contributed by atoms with Crippen LogP contribution in [0.1, 0.15) is 22.3 Å². The third-order valence-corrected chi connectivity index (χ3v) is 5.71. The molecule has 154 valence electrons. The summed E-state index contributed by atoms with van der Waals surface area (Å²) in [5.41, 5.74) is 7.15. The molecule has 0 aliphatic rings. The molecule has 0 atom stereocenters. The Bertz CT molecular complexity index is 1340. The van der Waals surface area contributed by atoms with Crippen molar-refractivity contribution in [3.05, 3.63) is 89.0 Å². The standard InChI is InChI=1S/C26H24N4O/c1-16-8-7-11-22(17(16)2)27-28-23-13-14-24(19(4)18(23)3)29-30-26-21-10-6-5-9-20(21)12-15-25(26)31/h5-15,31H,1-4H3/b28-27+,30-29+. The van der Waals surface area contributed by atoms with E-state index >= 15 is 0 Å². The number of nitrogens with zero attached hydrogens (tertiary/aromatic N) is 4. The van der Waals surface area contributed by atoms with Gasteiger partial charge in [-0.2, -0.15) is 15.3 Å². The van der Waals surface area contributed by atoms with Crippen LogP contribution in [0.15, 0.2) is 87.2 Å². The molecule has 0 amide bonds. The third kappa shape index (κ3) is 4.08. The summed E-state index contributed by atoms with van der Waals surface area (Å²) in [6.07, 6.45) is 0. The van der Waals surface area contributed by atoms with E-state index in [2.05, 4.69) is 33.4 Å². The number of hydrogen-bond donors (Lipinski definition) is 1. The van der Waals surface area contributed by atoms with Gasteiger partial charge in [0.15, 0.2) is 0 Å². The second-order valence-electron chi connectivity index (χ2n) is 7.63. The topological polar surface area (TPSA) is 69.7 Å². The molecule has 4 aromatic rings. The lowest BCUT2D eigenvalue weighted by atomic mass is 10.1. The number of azo groups is 2. The second-order valence-corrected chi connectivity index (χ2v) is 7.63. The molecule has 0 unspecified atom stereocenters. The molecule has 0 fully saturated rings. The predicted octanol–water partition coefficient (Wildman–Crippen LogP) is 8.61. The fourth-order valence-corrected chi connectivity index (χ4v) is 3.41. The minimum atomic E-state index is 0.107. The van der Waals surface area contributed by atoms with Crippen LogP contribution >= 0.6 is 0 Å². The summed E-state index contributed by atoms with van der Waals surface area (Å²) < 4.78 is 0. The van der Waals surface area contributed by atoms with Gasteiger partial charge in [0.2, 0.25) is 0 Å². The average Bonchev–Trinajstić information content (AvgIpc) is 2.77. The van der Waals surface area contributed by atoms with Gasteiger partial charge in [0.25, 0.3) is 0 Å². The van der Waals surface area contributed by atoms with Gasteiger partial charge in [-0.05, 0) is 79.6 Å². The molecule has 4 rings (SSSR count). The molecule has 0 aromatic heterocycles. The van der Waals surface area contributed by atoms with Crippen LogP contribution < -0.4 is 0 Å². The van der Waals surface area contributed by atoms with E-state index in [-0.39, 0.29) is 5.75 Å². The molecule has 0 heterocycles. The van der Waals surface area contributed by atoms with E-state index in [1.165, 1.54) is 5.56 Å². The number of phenolic OH excluding ortho intramolecular Hbond substituents is 1. The molecule has 4 aromatic carbocycles. The monoisotopic (exact) mass is 408 g/mol. The zero-order chi connectivity index (χ0) is 22.0. The van der Waals surface area contributed by atoms with Crippen LogP contribution in [0.25, 0.3) is 10.8 Å². The Kier molecular flexibility index (Phi) is 5.58. The molecular formula is C26H24N4O. The highest BCUT2D eigenvalue weighted by atomic mass is 16.3. The van der Waals surface area contributed by atoms with Crippen molar-refractivity contribution in [2.45, 2.75) is 27.7 Å². The summed E-state index contributed by atoms with van der Waals surface area (Å²) in [4.78, 5) is 0. The zero-order valence-electron chi connectivity index (χ0n) is 18.1. The maximum absolute atomic E-state index is 10.3. The first-order valence-corrected chi connectivity index (χ1v) is 10.2. The van der Waals surface area contributed by atoms with E-state index in [0.717, 1.165) is 44.5 Å². The lowest BCUT2D eigenvalue weighted by Gasteiger charge is -2.08. The summed E-state index contributed by atoms with van der Waals surface area (Å²) in [6, 6.07) is 21.1. The minimum Gasteiger partial charge on any atom is -0.506 e. The quantitative estimate of drug-likeness (QED) is 0.337. The van der Waals surface area contributed by atoms with Gasteiger partial charge in [-0.3, -0.25) is 0 Å². The van der Waals surface area contributed by atoms with Crippen LogP contribution in [-0.4, -0.2) is 5.11 Å². The molecule has 0 aliphatic heterocycles. The van der Waals surface area contributed by atoms with E-state index in [9.17, 15) is 5.11 Å². The first-order chi connectivity index (χ1) is 15.0. The lowest BCUT2D eigenvalue weighted by molar-refractivity contribution is 0.477. The Hall–Kier alpha value is -3.86. The highest BCUT2D eigenvalue weighted by molar-refractivity contribution is 5.95. The smallest absolute Gasteiger partial charge is 0.143 e. The van der Waals surface area contributed by atoms with Gasteiger partial charge < -0.3 is 5.11 Å². The van der Waals surface area contributed by atoms with E-state index < -0.39 is 0 Å². The molecule has 0 bridgehead atoms. The molecular weight excluding hydrogens is 384 g/mol. The summed E-state index contributed by atoms with van der Waals surface area (Å²) >= 11 is 0. The maximum Gasteiger partial charge on any atom is 0.143 e. The van der Waals surface area contributed by atoms with E-state index in [4.69, 9.17) is 0 Å². The van der Waals surface area contributed by atoms with Crippen LogP contribution in [-0.2, 0) is 0 Å². The Morgan fingerprint density at radius 1 is 0.548 bits per heavy atom. The van der Waals surface area contributed by atoms with Crippen molar-refractivity contribution in [1.29, 1.82) is 0 Å². The largest absolute Gasteiger partial charge is 0.506 e. The number of benzene rings is 4. The molecule has 0 saturated heterocycles. The average molecular weight is 409 g/mol. The summed E-state index contributed by atoms with van der Waals surface area (Å²) in [7, 11) is 0. The van der Waals surface area contributed by atoms with Crippen molar-refractivity contribution in [2.75, 3.05) is 0 Å². The van der Waals surface area contributed by atoms with Crippen molar-refractivity contribution in [1.82, 2.24) is 0 Å². The van der Waals surface area contributed by atoms with Crippen molar-refractivity contribution < 1.29 is 5.11 Å². The molecule has 0 spiro atoms. The predicted molar refractivity (Wildman–Crippen MR) is 126 cm³/mol. The molecule has 0 saturated carbocycles. The number of hydrogen-bond acceptors (Lipinski definition) is 5. The van der Waals surface area contributed by atoms with Gasteiger partial charge >= 0.3 is 0 Å². The van der Waals surface area contributed by atoms with Crippen LogP contribution in [0.5, 0.6) is 5.75 Å². The summed E-state index contributed by atoms with van der Waals surface area (Å²) in [5.74, 6) is 0.107. The Morgan fingerprint density at radius 3 is 1.87 bits per heavy atom. The Balaban J connectivity index is 1.66.